The van der Waals surface area contributed by atoms with E-state index >= 15 is 0 Å². The Balaban J connectivity index is 2.26. The highest BCUT2D eigenvalue weighted by Gasteiger charge is 2.36. The van der Waals surface area contributed by atoms with Crippen LogP contribution in [0.25, 0.3) is 16.9 Å². The lowest BCUT2D eigenvalue weighted by atomic mass is 9.91. The molecule has 0 saturated carbocycles. The van der Waals surface area contributed by atoms with Crippen molar-refractivity contribution >= 4 is 5.65 Å². The first-order valence-corrected chi connectivity index (χ1v) is 7.61. The van der Waals surface area contributed by atoms with E-state index < -0.39 is 17.3 Å². The van der Waals surface area contributed by atoms with Gasteiger partial charge >= 0.3 is 6.18 Å². The summed E-state index contributed by atoms with van der Waals surface area (Å²) in [6.07, 6.45) is -4.50. The van der Waals surface area contributed by atoms with Crippen LogP contribution in [0.2, 0.25) is 0 Å². The number of hydrogen-bond acceptors (Lipinski definition) is 2. The average Bonchev–Trinajstić information content (AvgIpc) is 2.88. The van der Waals surface area contributed by atoms with Gasteiger partial charge in [0, 0.05) is 17.0 Å². The van der Waals surface area contributed by atoms with E-state index in [0.717, 1.165) is 21.7 Å². The molecule has 0 bridgehead atoms. The van der Waals surface area contributed by atoms with Crippen molar-refractivity contribution in [3.63, 3.8) is 0 Å². The molecule has 0 saturated heterocycles. The molecule has 0 aliphatic heterocycles. The van der Waals surface area contributed by atoms with Gasteiger partial charge in [0.05, 0.1) is 11.4 Å². The van der Waals surface area contributed by atoms with Crippen molar-refractivity contribution in [2.75, 3.05) is 0 Å². The summed E-state index contributed by atoms with van der Waals surface area (Å²) in [6, 6.07) is 10.2. The standard InChI is InChI=1S/C18H18F3N3/c1-11-5-7-12(8-6-11)13-9-16-22-14(17(2,3)4)10-15(18(19,20)21)24(16)23-13/h5-10H,1-4H3. The van der Waals surface area contributed by atoms with E-state index in [1.165, 1.54) is 0 Å². The number of nitrogens with zero attached hydrogens (tertiary/aromatic N) is 3. The van der Waals surface area contributed by atoms with Crippen molar-refractivity contribution in [3.8, 4) is 11.3 Å². The third kappa shape index (κ3) is 3.00. The number of alkyl halides is 3. The van der Waals surface area contributed by atoms with Crippen LogP contribution in [0.15, 0.2) is 36.4 Å². The zero-order valence-corrected chi connectivity index (χ0v) is 13.9. The maximum Gasteiger partial charge on any atom is 0.433 e. The fourth-order valence-corrected chi connectivity index (χ4v) is 2.43. The predicted molar refractivity (Wildman–Crippen MR) is 86.9 cm³/mol. The van der Waals surface area contributed by atoms with Gasteiger partial charge in [0.1, 0.15) is 5.69 Å². The molecule has 3 aromatic rings. The normalized spacial score (nSPS) is 12.8. The molecule has 2 aromatic heterocycles. The smallest absolute Gasteiger partial charge is 0.233 e. The SMILES string of the molecule is Cc1ccc(-c2cc3nc(C(C)(C)C)cc(C(F)(F)F)n3n2)cc1. The Kier molecular flexibility index (Phi) is 3.66. The lowest BCUT2D eigenvalue weighted by Gasteiger charge is -2.19. The average molecular weight is 333 g/mol. The van der Waals surface area contributed by atoms with Gasteiger partial charge in [-0.15, -0.1) is 0 Å². The Hall–Kier alpha value is -2.37. The van der Waals surface area contributed by atoms with Crippen LogP contribution < -0.4 is 0 Å². The summed E-state index contributed by atoms with van der Waals surface area (Å²) in [5, 5.41) is 4.14. The van der Waals surface area contributed by atoms with Crippen molar-refractivity contribution in [2.45, 2.75) is 39.3 Å². The Morgan fingerprint density at radius 1 is 0.958 bits per heavy atom. The van der Waals surface area contributed by atoms with Crippen molar-refractivity contribution in [1.29, 1.82) is 0 Å². The number of aryl methyl sites for hydroxylation is 1. The van der Waals surface area contributed by atoms with Gasteiger partial charge in [0.25, 0.3) is 0 Å². The fourth-order valence-electron chi connectivity index (χ4n) is 2.43. The Bertz CT molecular complexity index is 885. The van der Waals surface area contributed by atoms with Crippen molar-refractivity contribution in [1.82, 2.24) is 14.6 Å². The van der Waals surface area contributed by atoms with Crippen LogP contribution in [0.5, 0.6) is 0 Å². The summed E-state index contributed by atoms with van der Waals surface area (Å²) in [6.45, 7) is 7.46. The zero-order valence-electron chi connectivity index (χ0n) is 13.9. The summed E-state index contributed by atoms with van der Waals surface area (Å²) < 4.78 is 41.3. The molecule has 6 heteroatoms. The molecule has 0 atom stereocenters. The van der Waals surface area contributed by atoms with Gasteiger partial charge in [-0.25, -0.2) is 9.50 Å². The molecular weight excluding hydrogens is 315 g/mol. The molecule has 0 spiro atoms. The summed E-state index contributed by atoms with van der Waals surface area (Å²) in [4.78, 5) is 4.38. The molecule has 0 aliphatic carbocycles. The molecule has 126 valence electrons. The van der Waals surface area contributed by atoms with Crippen LogP contribution in [0.3, 0.4) is 0 Å². The van der Waals surface area contributed by atoms with Gasteiger partial charge in [-0.05, 0) is 13.0 Å². The molecule has 1 aromatic carbocycles. The maximum absolute atomic E-state index is 13.5. The number of aromatic nitrogens is 3. The van der Waals surface area contributed by atoms with E-state index in [-0.39, 0.29) is 5.65 Å². The van der Waals surface area contributed by atoms with Gasteiger partial charge in [-0.3, -0.25) is 0 Å². The highest BCUT2D eigenvalue weighted by atomic mass is 19.4. The van der Waals surface area contributed by atoms with Crippen LogP contribution in [-0.2, 0) is 11.6 Å². The molecular formula is C18H18F3N3. The predicted octanol–water partition coefficient (Wildman–Crippen LogP) is 5.02. The topological polar surface area (TPSA) is 30.2 Å². The van der Waals surface area contributed by atoms with Crippen LogP contribution in [0.4, 0.5) is 13.2 Å². The number of rotatable bonds is 1. The summed E-state index contributed by atoms with van der Waals surface area (Å²) >= 11 is 0. The number of halogens is 3. The van der Waals surface area contributed by atoms with Crippen molar-refractivity contribution in [3.05, 3.63) is 53.3 Å². The Morgan fingerprint density at radius 3 is 2.12 bits per heavy atom. The largest absolute Gasteiger partial charge is 0.433 e. The van der Waals surface area contributed by atoms with Gasteiger partial charge in [0.15, 0.2) is 5.65 Å². The van der Waals surface area contributed by atoms with Gasteiger partial charge in [0.2, 0.25) is 0 Å². The zero-order chi connectivity index (χ0) is 17.7. The molecule has 3 rings (SSSR count). The lowest BCUT2D eigenvalue weighted by molar-refractivity contribution is -0.142. The van der Waals surface area contributed by atoms with E-state index in [9.17, 15) is 13.2 Å². The Morgan fingerprint density at radius 2 is 1.58 bits per heavy atom. The first kappa shape index (κ1) is 16.5. The van der Waals surface area contributed by atoms with Crippen LogP contribution in [0.1, 0.15) is 37.7 Å². The van der Waals surface area contributed by atoms with Crippen molar-refractivity contribution in [2.24, 2.45) is 0 Å². The van der Waals surface area contributed by atoms with E-state index in [0.29, 0.717) is 11.4 Å². The van der Waals surface area contributed by atoms with Crippen LogP contribution in [0, 0.1) is 6.92 Å². The third-order valence-electron chi connectivity index (χ3n) is 3.83. The molecule has 0 aliphatic rings. The lowest BCUT2D eigenvalue weighted by Crippen LogP contribution is -2.19. The highest BCUT2D eigenvalue weighted by Crippen LogP contribution is 2.33. The third-order valence-corrected chi connectivity index (χ3v) is 3.83. The number of fused-ring (bicyclic) bond motifs is 1. The second-order valence-electron chi connectivity index (χ2n) is 6.94. The van der Waals surface area contributed by atoms with E-state index in [1.54, 1.807) is 6.07 Å². The second kappa shape index (κ2) is 5.33. The van der Waals surface area contributed by atoms with Gasteiger partial charge < -0.3 is 0 Å². The molecule has 2 heterocycles. The van der Waals surface area contributed by atoms with Crippen LogP contribution in [-0.4, -0.2) is 14.6 Å². The van der Waals surface area contributed by atoms with Gasteiger partial charge in [-0.1, -0.05) is 50.6 Å². The summed E-state index contributed by atoms with van der Waals surface area (Å²) in [5.74, 6) is 0. The molecule has 0 unspecified atom stereocenters. The summed E-state index contributed by atoms with van der Waals surface area (Å²) in [7, 11) is 0. The minimum atomic E-state index is -4.50. The fraction of sp³-hybridized carbons (Fsp3) is 0.333. The second-order valence-corrected chi connectivity index (χ2v) is 6.94. The molecule has 3 nitrogen and oxygen atoms in total. The first-order valence-electron chi connectivity index (χ1n) is 7.61. The molecule has 0 fully saturated rings. The van der Waals surface area contributed by atoms with Gasteiger partial charge in [-0.2, -0.15) is 18.3 Å². The minimum Gasteiger partial charge on any atom is -0.233 e. The summed E-state index contributed by atoms with van der Waals surface area (Å²) in [5.41, 5.74) is 1.59. The molecule has 0 N–H and O–H groups in total. The van der Waals surface area contributed by atoms with Crippen molar-refractivity contribution < 1.29 is 13.2 Å². The molecule has 0 amide bonds. The number of hydrogen-bond donors (Lipinski definition) is 0. The van der Waals surface area contributed by atoms with E-state index in [2.05, 4.69) is 10.1 Å². The maximum atomic E-state index is 13.5. The first-order chi connectivity index (χ1) is 11.1. The minimum absolute atomic E-state index is 0.199. The van der Waals surface area contributed by atoms with E-state index in [1.807, 2.05) is 52.0 Å². The molecule has 24 heavy (non-hydrogen) atoms. The van der Waals surface area contributed by atoms with E-state index in [4.69, 9.17) is 0 Å². The highest BCUT2D eigenvalue weighted by molar-refractivity contribution is 5.64. The molecule has 0 radical (unpaired) electrons. The van der Waals surface area contributed by atoms with Crippen LogP contribution >= 0.6 is 0 Å². The quantitative estimate of drug-likeness (QED) is 0.626. The number of benzene rings is 1. The Labute approximate surface area is 138 Å². The monoisotopic (exact) mass is 333 g/mol.